The Labute approximate surface area is 105 Å². The Hall–Kier alpha value is -0.850. The minimum absolute atomic E-state index is 0.595. The Bertz CT molecular complexity index is 403. The molecule has 1 unspecified atom stereocenters. The summed E-state index contributed by atoms with van der Waals surface area (Å²) >= 11 is 3.54. The van der Waals surface area contributed by atoms with Gasteiger partial charge in [-0.15, -0.1) is 0 Å². The second kappa shape index (κ2) is 5.47. The Morgan fingerprint density at radius 2 is 2.31 bits per heavy atom. The lowest BCUT2D eigenvalue weighted by Crippen LogP contribution is -2.35. The second-order valence-electron chi connectivity index (χ2n) is 4.27. The van der Waals surface area contributed by atoms with Gasteiger partial charge >= 0.3 is 0 Å². The Morgan fingerprint density at radius 3 is 2.94 bits per heavy atom. The van der Waals surface area contributed by atoms with Crippen molar-refractivity contribution >= 4 is 15.9 Å². The molecule has 1 aromatic rings. The highest BCUT2D eigenvalue weighted by molar-refractivity contribution is 9.10. The standard InChI is InChI=1S/C13H15BrN2/c14-13-7-10(9-15)4-5-11(13)8-12-3-1-2-6-16-12/h4-5,7,12,16H,1-3,6,8H2. The first-order valence-corrected chi connectivity index (χ1v) is 6.51. The zero-order chi connectivity index (χ0) is 11.4. The molecule has 1 heterocycles. The third kappa shape index (κ3) is 2.84. The van der Waals surface area contributed by atoms with Crippen molar-refractivity contribution in [1.82, 2.24) is 5.32 Å². The van der Waals surface area contributed by atoms with Gasteiger partial charge in [-0.25, -0.2) is 0 Å². The van der Waals surface area contributed by atoms with Crippen LogP contribution in [0.15, 0.2) is 22.7 Å². The first-order valence-electron chi connectivity index (χ1n) is 5.71. The monoisotopic (exact) mass is 278 g/mol. The third-order valence-electron chi connectivity index (χ3n) is 3.06. The van der Waals surface area contributed by atoms with Crippen LogP contribution in [-0.2, 0) is 6.42 Å². The molecule has 2 nitrogen and oxygen atoms in total. The zero-order valence-corrected chi connectivity index (χ0v) is 10.8. The van der Waals surface area contributed by atoms with Gasteiger partial charge in [0.1, 0.15) is 0 Å². The van der Waals surface area contributed by atoms with Gasteiger partial charge in [0.2, 0.25) is 0 Å². The van der Waals surface area contributed by atoms with E-state index in [1.54, 1.807) is 0 Å². The van der Waals surface area contributed by atoms with Gasteiger partial charge in [0, 0.05) is 10.5 Å². The van der Waals surface area contributed by atoms with Gasteiger partial charge in [-0.1, -0.05) is 28.4 Å². The molecular weight excluding hydrogens is 264 g/mol. The van der Waals surface area contributed by atoms with Crippen molar-refractivity contribution in [3.63, 3.8) is 0 Å². The van der Waals surface area contributed by atoms with Crippen LogP contribution >= 0.6 is 15.9 Å². The van der Waals surface area contributed by atoms with E-state index in [2.05, 4.69) is 33.4 Å². The number of halogens is 1. The quantitative estimate of drug-likeness (QED) is 0.903. The molecule has 0 aromatic heterocycles. The van der Waals surface area contributed by atoms with Crippen LogP contribution in [-0.4, -0.2) is 12.6 Å². The van der Waals surface area contributed by atoms with Crippen LogP contribution in [0.1, 0.15) is 30.4 Å². The van der Waals surface area contributed by atoms with Crippen molar-refractivity contribution in [3.8, 4) is 6.07 Å². The summed E-state index contributed by atoms with van der Waals surface area (Å²) in [5.74, 6) is 0. The summed E-state index contributed by atoms with van der Waals surface area (Å²) < 4.78 is 1.05. The Balaban J connectivity index is 2.06. The van der Waals surface area contributed by atoms with E-state index in [0.717, 1.165) is 17.4 Å². The predicted molar refractivity (Wildman–Crippen MR) is 68.2 cm³/mol. The molecular formula is C13H15BrN2. The molecule has 1 aromatic carbocycles. The molecule has 1 aliphatic heterocycles. The molecule has 0 amide bonds. The van der Waals surface area contributed by atoms with Gasteiger partial charge in [0.05, 0.1) is 11.6 Å². The number of nitriles is 1. The first-order chi connectivity index (χ1) is 7.79. The Morgan fingerprint density at radius 1 is 1.44 bits per heavy atom. The molecule has 0 spiro atoms. The van der Waals surface area contributed by atoms with E-state index in [1.807, 2.05) is 12.1 Å². The molecule has 0 radical (unpaired) electrons. The molecule has 2 rings (SSSR count). The minimum Gasteiger partial charge on any atom is -0.314 e. The van der Waals surface area contributed by atoms with Crippen LogP contribution in [0.5, 0.6) is 0 Å². The molecule has 0 saturated carbocycles. The van der Waals surface area contributed by atoms with E-state index in [-0.39, 0.29) is 0 Å². The van der Waals surface area contributed by atoms with E-state index in [1.165, 1.54) is 24.8 Å². The largest absolute Gasteiger partial charge is 0.314 e. The summed E-state index contributed by atoms with van der Waals surface area (Å²) in [6, 6.07) is 8.60. The molecule has 3 heteroatoms. The summed E-state index contributed by atoms with van der Waals surface area (Å²) in [6.45, 7) is 1.14. The maximum absolute atomic E-state index is 8.79. The lowest BCUT2D eigenvalue weighted by Gasteiger charge is -2.23. The van der Waals surface area contributed by atoms with Crippen molar-refractivity contribution in [1.29, 1.82) is 5.26 Å². The van der Waals surface area contributed by atoms with Crippen molar-refractivity contribution in [2.45, 2.75) is 31.7 Å². The van der Waals surface area contributed by atoms with Crippen molar-refractivity contribution in [2.75, 3.05) is 6.54 Å². The molecule has 16 heavy (non-hydrogen) atoms. The van der Waals surface area contributed by atoms with Crippen LogP contribution in [0, 0.1) is 11.3 Å². The van der Waals surface area contributed by atoms with Gasteiger partial charge in [-0.05, 0) is 43.5 Å². The zero-order valence-electron chi connectivity index (χ0n) is 9.17. The fourth-order valence-electron chi connectivity index (χ4n) is 2.15. The highest BCUT2D eigenvalue weighted by Gasteiger charge is 2.14. The summed E-state index contributed by atoms with van der Waals surface area (Å²) in [5.41, 5.74) is 2.01. The fraction of sp³-hybridized carbons (Fsp3) is 0.462. The van der Waals surface area contributed by atoms with E-state index < -0.39 is 0 Å². The summed E-state index contributed by atoms with van der Waals surface area (Å²) in [4.78, 5) is 0. The summed E-state index contributed by atoms with van der Waals surface area (Å²) in [6.07, 6.45) is 4.93. The van der Waals surface area contributed by atoms with Crippen molar-refractivity contribution in [3.05, 3.63) is 33.8 Å². The minimum atomic E-state index is 0.595. The van der Waals surface area contributed by atoms with E-state index in [9.17, 15) is 0 Å². The summed E-state index contributed by atoms with van der Waals surface area (Å²) in [7, 11) is 0. The smallest absolute Gasteiger partial charge is 0.0992 e. The Kier molecular flexibility index (Phi) is 3.98. The van der Waals surface area contributed by atoms with E-state index >= 15 is 0 Å². The normalized spacial score (nSPS) is 20.4. The number of benzene rings is 1. The highest BCUT2D eigenvalue weighted by Crippen LogP contribution is 2.21. The van der Waals surface area contributed by atoms with Crippen LogP contribution in [0.25, 0.3) is 0 Å². The van der Waals surface area contributed by atoms with Crippen LogP contribution in [0.2, 0.25) is 0 Å². The van der Waals surface area contributed by atoms with Crippen LogP contribution < -0.4 is 5.32 Å². The SMILES string of the molecule is N#Cc1ccc(CC2CCCCN2)c(Br)c1. The molecule has 1 atom stereocenters. The van der Waals surface area contributed by atoms with Crippen molar-refractivity contribution in [2.24, 2.45) is 0 Å². The topological polar surface area (TPSA) is 35.8 Å². The number of hydrogen-bond donors (Lipinski definition) is 1. The molecule has 84 valence electrons. The number of nitrogens with one attached hydrogen (secondary N) is 1. The average Bonchev–Trinajstić information content (AvgIpc) is 2.33. The first kappa shape index (κ1) is 11.6. The van der Waals surface area contributed by atoms with Crippen LogP contribution in [0.3, 0.4) is 0 Å². The molecule has 1 fully saturated rings. The maximum Gasteiger partial charge on any atom is 0.0992 e. The molecule has 1 aliphatic rings. The predicted octanol–water partition coefficient (Wildman–Crippen LogP) is 3.01. The number of hydrogen-bond acceptors (Lipinski definition) is 2. The second-order valence-corrected chi connectivity index (χ2v) is 5.12. The molecule has 1 N–H and O–H groups in total. The third-order valence-corrected chi connectivity index (χ3v) is 3.80. The van der Waals surface area contributed by atoms with Gasteiger partial charge in [0.15, 0.2) is 0 Å². The van der Waals surface area contributed by atoms with Gasteiger partial charge in [0.25, 0.3) is 0 Å². The molecule has 1 saturated heterocycles. The van der Waals surface area contributed by atoms with E-state index in [4.69, 9.17) is 5.26 Å². The highest BCUT2D eigenvalue weighted by atomic mass is 79.9. The van der Waals surface area contributed by atoms with E-state index in [0.29, 0.717) is 11.6 Å². The van der Waals surface area contributed by atoms with Crippen LogP contribution in [0.4, 0.5) is 0 Å². The number of piperidine rings is 1. The maximum atomic E-state index is 8.79. The molecule has 0 aliphatic carbocycles. The van der Waals surface area contributed by atoms with Crippen molar-refractivity contribution < 1.29 is 0 Å². The van der Waals surface area contributed by atoms with Gasteiger partial charge in [-0.3, -0.25) is 0 Å². The van der Waals surface area contributed by atoms with Gasteiger partial charge < -0.3 is 5.32 Å². The number of rotatable bonds is 2. The fourth-order valence-corrected chi connectivity index (χ4v) is 2.69. The number of nitrogens with zero attached hydrogens (tertiary/aromatic N) is 1. The molecule has 0 bridgehead atoms. The lowest BCUT2D eigenvalue weighted by molar-refractivity contribution is 0.399. The lowest BCUT2D eigenvalue weighted by atomic mass is 9.97. The summed E-state index contributed by atoms with van der Waals surface area (Å²) in [5, 5.41) is 12.3. The average molecular weight is 279 g/mol. The van der Waals surface area contributed by atoms with Gasteiger partial charge in [-0.2, -0.15) is 5.26 Å².